The summed E-state index contributed by atoms with van der Waals surface area (Å²) in [5.74, 6) is 0.177. The van der Waals surface area contributed by atoms with Crippen molar-refractivity contribution in [2.24, 2.45) is 4.99 Å². The number of benzene rings is 1. The maximum absolute atomic E-state index is 9.41. The summed E-state index contributed by atoms with van der Waals surface area (Å²) in [6.45, 7) is 0.378. The Morgan fingerprint density at radius 2 is 2.23 bits per heavy atom. The Bertz CT molecular complexity index is 312. The van der Waals surface area contributed by atoms with Gasteiger partial charge in [-0.15, -0.1) is 0 Å². The van der Waals surface area contributed by atoms with Crippen molar-refractivity contribution < 1.29 is 10.2 Å². The molecule has 0 saturated carbocycles. The van der Waals surface area contributed by atoms with Gasteiger partial charge in [-0.05, 0) is 18.2 Å². The largest absolute Gasteiger partial charge is 0.507 e. The van der Waals surface area contributed by atoms with Gasteiger partial charge in [0.15, 0.2) is 0 Å². The van der Waals surface area contributed by atoms with Crippen molar-refractivity contribution in [2.45, 2.75) is 0 Å². The Balaban J connectivity index is 2.77. The van der Waals surface area contributed by atoms with Gasteiger partial charge in [0.05, 0.1) is 13.2 Å². The lowest BCUT2D eigenvalue weighted by atomic mass is 10.2. The van der Waals surface area contributed by atoms with Crippen LogP contribution in [0.15, 0.2) is 27.7 Å². The van der Waals surface area contributed by atoms with Crippen LogP contribution in [0.1, 0.15) is 5.56 Å². The Morgan fingerprint density at radius 3 is 2.85 bits per heavy atom. The first-order valence-corrected chi connectivity index (χ1v) is 4.62. The van der Waals surface area contributed by atoms with Crippen molar-refractivity contribution in [1.82, 2.24) is 0 Å². The standard InChI is InChI=1S/C9H10BrNO2/c10-8-2-1-7(9(13)5-8)6-11-3-4-12/h1-2,5-6,12-13H,3-4H2. The lowest BCUT2D eigenvalue weighted by Crippen LogP contribution is -1.89. The number of phenols is 1. The van der Waals surface area contributed by atoms with E-state index < -0.39 is 0 Å². The SMILES string of the molecule is OCCN=Cc1ccc(Br)cc1O. The van der Waals surface area contributed by atoms with Crippen molar-refractivity contribution in [3.63, 3.8) is 0 Å². The molecule has 0 fully saturated rings. The number of aliphatic imine (C=N–C) groups is 1. The zero-order valence-corrected chi connectivity index (χ0v) is 8.53. The van der Waals surface area contributed by atoms with Crippen LogP contribution in [0.2, 0.25) is 0 Å². The minimum Gasteiger partial charge on any atom is -0.507 e. The number of hydrogen-bond donors (Lipinski definition) is 2. The number of hydrogen-bond acceptors (Lipinski definition) is 3. The van der Waals surface area contributed by atoms with Gasteiger partial charge >= 0.3 is 0 Å². The summed E-state index contributed by atoms with van der Waals surface area (Å²) in [6.07, 6.45) is 1.54. The Kier molecular flexibility index (Phi) is 3.92. The summed E-state index contributed by atoms with van der Waals surface area (Å²) in [5.41, 5.74) is 0.650. The molecule has 1 rings (SSSR count). The molecule has 0 aliphatic rings. The third-order valence-corrected chi connectivity index (χ3v) is 1.95. The first-order valence-electron chi connectivity index (χ1n) is 3.83. The zero-order chi connectivity index (χ0) is 9.68. The maximum atomic E-state index is 9.41. The minimum absolute atomic E-state index is 0.0216. The molecule has 3 nitrogen and oxygen atoms in total. The van der Waals surface area contributed by atoms with E-state index in [0.29, 0.717) is 12.1 Å². The molecule has 0 unspecified atom stereocenters. The molecule has 70 valence electrons. The molecule has 0 bridgehead atoms. The highest BCUT2D eigenvalue weighted by atomic mass is 79.9. The summed E-state index contributed by atoms with van der Waals surface area (Å²) < 4.78 is 0.823. The van der Waals surface area contributed by atoms with Crippen molar-refractivity contribution in [2.75, 3.05) is 13.2 Å². The average Bonchev–Trinajstić information content (AvgIpc) is 2.09. The van der Waals surface area contributed by atoms with E-state index in [0.717, 1.165) is 4.47 Å². The molecular weight excluding hydrogens is 234 g/mol. The molecule has 13 heavy (non-hydrogen) atoms. The van der Waals surface area contributed by atoms with E-state index in [2.05, 4.69) is 20.9 Å². The van der Waals surface area contributed by atoms with Crippen LogP contribution in [0, 0.1) is 0 Å². The monoisotopic (exact) mass is 243 g/mol. The molecule has 1 aromatic rings. The van der Waals surface area contributed by atoms with E-state index in [-0.39, 0.29) is 12.4 Å². The topological polar surface area (TPSA) is 52.8 Å². The van der Waals surface area contributed by atoms with Crippen LogP contribution in [0.3, 0.4) is 0 Å². The summed E-state index contributed by atoms with van der Waals surface area (Å²) in [4.78, 5) is 3.90. The van der Waals surface area contributed by atoms with Crippen molar-refractivity contribution in [3.05, 3.63) is 28.2 Å². The Morgan fingerprint density at radius 1 is 1.46 bits per heavy atom. The second-order valence-corrected chi connectivity index (χ2v) is 3.38. The van der Waals surface area contributed by atoms with Crippen LogP contribution in [0.5, 0.6) is 5.75 Å². The Hall–Kier alpha value is -0.870. The van der Waals surface area contributed by atoms with E-state index in [4.69, 9.17) is 5.11 Å². The number of aliphatic hydroxyl groups excluding tert-OH is 1. The van der Waals surface area contributed by atoms with E-state index in [1.807, 2.05) is 6.07 Å². The third kappa shape index (κ3) is 3.16. The van der Waals surface area contributed by atoms with Crippen molar-refractivity contribution >= 4 is 22.1 Å². The fourth-order valence-electron chi connectivity index (χ4n) is 0.847. The van der Waals surface area contributed by atoms with E-state index in [9.17, 15) is 5.11 Å². The van der Waals surface area contributed by atoms with Gasteiger partial charge in [-0.2, -0.15) is 0 Å². The summed E-state index contributed by atoms with van der Waals surface area (Å²) in [5, 5.41) is 17.9. The lowest BCUT2D eigenvalue weighted by Gasteiger charge is -1.98. The van der Waals surface area contributed by atoms with Gasteiger partial charge in [0, 0.05) is 16.3 Å². The molecule has 2 N–H and O–H groups in total. The Labute approximate surface area is 84.9 Å². The number of phenolic OH excluding ortho intramolecular Hbond substituents is 1. The van der Waals surface area contributed by atoms with Gasteiger partial charge in [0.2, 0.25) is 0 Å². The minimum atomic E-state index is 0.0216. The molecule has 0 aliphatic carbocycles. The number of aromatic hydroxyl groups is 1. The van der Waals surface area contributed by atoms with Gasteiger partial charge in [0.25, 0.3) is 0 Å². The van der Waals surface area contributed by atoms with Crippen molar-refractivity contribution in [1.29, 1.82) is 0 Å². The van der Waals surface area contributed by atoms with Crippen LogP contribution in [-0.2, 0) is 0 Å². The summed E-state index contributed by atoms with van der Waals surface area (Å²) >= 11 is 3.23. The van der Waals surface area contributed by atoms with Crippen LogP contribution < -0.4 is 0 Å². The van der Waals surface area contributed by atoms with Gasteiger partial charge in [-0.3, -0.25) is 4.99 Å². The molecule has 0 saturated heterocycles. The second kappa shape index (κ2) is 4.99. The number of nitrogens with zero attached hydrogens (tertiary/aromatic N) is 1. The first kappa shape index (κ1) is 10.2. The number of aliphatic hydroxyl groups is 1. The van der Waals surface area contributed by atoms with Gasteiger partial charge in [0.1, 0.15) is 5.75 Å². The molecule has 4 heteroatoms. The molecule has 0 heterocycles. The van der Waals surface area contributed by atoms with E-state index in [1.54, 1.807) is 12.1 Å². The maximum Gasteiger partial charge on any atom is 0.125 e. The number of rotatable bonds is 3. The quantitative estimate of drug-likeness (QED) is 0.793. The molecule has 0 aliphatic heterocycles. The van der Waals surface area contributed by atoms with Crippen LogP contribution in [0.4, 0.5) is 0 Å². The molecule has 0 spiro atoms. The zero-order valence-electron chi connectivity index (χ0n) is 6.94. The smallest absolute Gasteiger partial charge is 0.125 e. The van der Waals surface area contributed by atoms with Gasteiger partial charge < -0.3 is 10.2 Å². The van der Waals surface area contributed by atoms with Crippen LogP contribution in [-0.4, -0.2) is 29.6 Å². The fourth-order valence-corrected chi connectivity index (χ4v) is 1.20. The van der Waals surface area contributed by atoms with Crippen molar-refractivity contribution in [3.8, 4) is 5.75 Å². The first-order chi connectivity index (χ1) is 6.24. The second-order valence-electron chi connectivity index (χ2n) is 2.46. The van der Waals surface area contributed by atoms with E-state index in [1.165, 1.54) is 6.21 Å². The van der Waals surface area contributed by atoms with Gasteiger partial charge in [-0.25, -0.2) is 0 Å². The molecule has 0 atom stereocenters. The molecule has 0 aromatic heterocycles. The highest BCUT2D eigenvalue weighted by molar-refractivity contribution is 9.10. The normalized spacial score (nSPS) is 10.9. The third-order valence-electron chi connectivity index (χ3n) is 1.45. The highest BCUT2D eigenvalue weighted by Crippen LogP contribution is 2.20. The predicted molar refractivity (Wildman–Crippen MR) is 55.4 cm³/mol. The number of halogens is 1. The average molecular weight is 244 g/mol. The molecule has 0 amide bonds. The van der Waals surface area contributed by atoms with Gasteiger partial charge in [-0.1, -0.05) is 15.9 Å². The molecule has 1 aromatic carbocycles. The molecule has 0 radical (unpaired) electrons. The fraction of sp³-hybridized carbons (Fsp3) is 0.222. The van der Waals surface area contributed by atoms with Crippen LogP contribution in [0.25, 0.3) is 0 Å². The van der Waals surface area contributed by atoms with Crippen LogP contribution >= 0.6 is 15.9 Å². The van der Waals surface area contributed by atoms with E-state index >= 15 is 0 Å². The molecular formula is C9H10BrNO2. The predicted octanol–water partition coefficient (Wildman–Crippen LogP) is 1.57. The highest BCUT2D eigenvalue weighted by Gasteiger charge is 1.97. The summed E-state index contributed by atoms with van der Waals surface area (Å²) in [6, 6.07) is 5.17. The lowest BCUT2D eigenvalue weighted by molar-refractivity contribution is 0.307. The summed E-state index contributed by atoms with van der Waals surface area (Å²) in [7, 11) is 0.